The van der Waals surface area contributed by atoms with Gasteiger partial charge in [0.25, 0.3) is 0 Å². The van der Waals surface area contributed by atoms with E-state index in [1.807, 2.05) is 6.92 Å². The lowest BCUT2D eigenvalue weighted by Crippen LogP contribution is -2.04. The molecule has 0 rings (SSSR count). The van der Waals surface area contributed by atoms with Gasteiger partial charge in [0.2, 0.25) is 0 Å². The molecule has 0 aromatic rings. The molecule has 50 valence electrons. The first kappa shape index (κ1) is 7.95. The molecule has 0 aliphatic rings. The Morgan fingerprint density at radius 2 is 2.00 bits per heavy atom. The van der Waals surface area contributed by atoms with E-state index in [-0.39, 0.29) is 0 Å². The molecule has 0 aliphatic carbocycles. The largest absolute Gasteiger partial charge is 0.253 e. The summed E-state index contributed by atoms with van der Waals surface area (Å²) in [5.41, 5.74) is 0. The molecule has 0 fully saturated rings. The van der Waals surface area contributed by atoms with Gasteiger partial charge in [-0.25, -0.2) is 4.21 Å². The lowest BCUT2D eigenvalue weighted by atomic mass is 10.6. The molecular weight excluding hydrogens is 122 g/mol. The zero-order chi connectivity index (χ0) is 6.62. The van der Waals surface area contributed by atoms with Crippen LogP contribution in [-0.2, 0) is 9.73 Å². The lowest BCUT2D eigenvalue weighted by Gasteiger charge is -1.98. The Morgan fingerprint density at radius 3 is 2.12 bits per heavy atom. The normalized spacial score (nSPS) is 17.8. The molecule has 0 saturated carbocycles. The molecule has 1 atom stereocenters. The van der Waals surface area contributed by atoms with E-state index in [0.717, 1.165) is 6.42 Å². The molecule has 0 aliphatic heterocycles. The minimum atomic E-state index is -2.17. The molecule has 0 amide bonds. The van der Waals surface area contributed by atoms with Gasteiger partial charge < -0.3 is 0 Å². The standard InChI is InChI=1S/C5H13NOS/c1-3-5-8(6,7)4-2/h6H,3-5H2,1-2H3. The summed E-state index contributed by atoms with van der Waals surface area (Å²) >= 11 is 0. The summed E-state index contributed by atoms with van der Waals surface area (Å²) in [5.74, 6) is 1.06. The van der Waals surface area contributed by atoms with Crippen molar-refractivity contribution in [3.05, 3.63) is 0 Å². The minimum absolute atomic E-state index is 0.501. The maximum absolute atomic E-state index is 10.8. The fourth-order valence-electron chi connectivity index (χ4n) is 0.474. The van der Waals surface area contributed by atoms with Gasteiger partial charge in [-0.1, -0.05) is 13.8 Å². The van der Waals surface area contributed by atoms with Crippen molar-refractivity contribution in [2.24, 2.45) is 0 Å². The smallest absolute Gasteiger partial charge is 0.0438 e. The van der Waals surface area contributed by atoms with Crippen LogP contribution >= 0.6 is 0 Å². The average molecular weight is 135 g/mol. The second-order valence-corrected chi connectivity index (χ2v) is 4.41. The monoisotopic (exact) mass is 135 g/mol. The van der Waals surface area contributed by atoms with Crippen molar-refractivity contribution in [2.45, 2.75) is 20.3 Å². The highest BCUT2D eigenvalue weighted by atomic mass is 32.2. The van der Waals surface area contributed by atoms with Crippen LogP contribution in [0.3, 0.4) is 0 Å². The second kappa shape index (κ2) is 3.07. The highest BCUT2D eigenvalue weighted by Crippen LogP contribution is 1.92. The summed E-state index contributed by atoms with van der Waals surface area (Å²) in [6.45, 7) is 3.74. The molecule has 0 radical (unpaired) electrons. The molecule has 2 nitrogen and oxygen atoms in total. The van der Waals surface area contributed by atoms with Crippen LogP contribution in [0.2, 0.25) is 0 Å². The SMILES string of the molecule is CCCS(=N)(=O)CC. The molecule has 0 saturated heterocycles. The molecule has 0 heterocycles. The fraction of sp³-hybridized carbons (Fsp3) is 1.00. The quantitative estimate of drug-likeness (QED) is 0.625. The summed E-state index contributed by atoms with van der Waals surface area (Å²) in [5, 5.41) is 0. The Morgan fingerprint density at radius 1 is 1.50 bits per heavy atom. The first-order valence-corrected chi connectivity index (χ1v) is 4.76. The van der Waals surface area contributed by atoms with Crippen LogP contribution in [0, 0.1) is 4.78 Å². The first-order valence-electron chi connectivity index (χ1n) is 2.86. The van der Waals surface area contributed by atoms with E-state index in [4.69, 9.17) is 4.78 Å². The van der Waals surface area contributed by atoms with Gasteiger partial charge in [0.1, 0.15) is 0 Å². The zero-order valence-corrected chi connectivity index (χ0v) is 6.25. The van der Waals surface area contributed by atoms with Crippen molar-refractivity contribution in [3.63, 3.8) is 0 Å². The van der Waals surface area contributed by atoms with Crippen LogP contribution in [0.25, 0.3) is 0 Å². The lowest BCUT2D eigenvalue weighted by molar-refractivity contribution is 0.674. The Kier molecular flexibility index (Phi) is 3.05. The van der Waals surface area contributed by atoms with Crippen molar-refractivity contribution in [1.82, 2.24) is 0 Å². The van der Waals surface area contributed by atoms with Crippen LogP contribution in [0.15, 0.2) is 0 Å². The highest BCUT2D eigenvalue weighted by molar-refractivity contribution is 7.92. The van der Waals surface area contributed by atoms with Crippen LogP contribution in [0.4, 0.5) is 0 Å². The summed E-state index contributed by atoms with van der Waals surface area (Å²) in [6, 6.07) is 0. The Labute approximate surface area is 51.3 Å². The Balaban J connectivity index is 3.76. The molecule has 8 heavy (non-hydrogen) atoms. The molecule has 1 unspecified atom stereocenters. The topological polar surface area (TPSA) is 40.9 Å². The third-order valence-corrected chi connectivity index (χ3v) is 3.00. The van der Waals surface area contributed by atoms with Crippen molar-refractivity contribution < 1.29 is 4.21 Å². The summed E-state index contributed by atoms with van der Waals surface area (Å²) in [4.78, 5) is 0. The Hall–Kier alpha value is -0.0500. The van der Waals surface area contributed by atoms with E-state index in [9.17, 15) is 4.21 Å². The second-order valence-electron chi connectivity index (χ2n) is 1.80. The van der Waals surface area contributed by atoms with Crippen molar-refractivity contribution in [1.29, 1.82) is 4.78 Å². The Bertz CT molecular complexity index is 137. The van der Waals surface area contributed by atoms with Crippen LogP contribution in [-0.4, -0.2) is 15.7 Å². The predicted octanol–water partition coefficient (Wildman–Crippen LogP) is 1.46. The molecule has 0 aromatic carbocycles. The van der Waals surface area contributed by atoms with Gasteiger partial charge in [0.15, 0.2) is 0 Å². The van der Waals surface area contributed by atoms with Gasteiger partial charge in [-0.2, -0.15) is 0 Å². The van der Waals surface area contributed by atoms with Gasteiger partial charge in [-0.3, -0.25) is 4.78 Å². The number of hydrogen-bond acceptors (Lipinski definition) is 2. The molecular formula is C5H13NOS. The third kappa shape index (κ3) is 3.02. The molecule has 0 aromatic heterocycles. The molecule has 0 bridgehead atoms. The number of nitrogens with one attached hydrogen (secondary N) is 1. The van der Waals surface area contributed by atoms with E-state index in [0.29, 0.717) is 11.5 Å². The highest BCUT2D eigenvalue weighted by Gasteiger charge is 1.97. The van der Waals surface area contributed by atoms with Gasteiger partial charge in [-0.05, 0) is 6.42 Å². The molecule has 0 spiro atoms. The van der Waals surface area contributed by atoms with E-state index < -0.39 is 9.73 Å². The van der Waals surface area contributed by atoms with Crippen LogP contribution in [0.1, 0.15) is 20.3 Å². The van der Waals surface area contributed by atoms with Gasteiger partial charge >= 0.3 is 0 Å². The average Bonchev–Trinajstić information content (AvgIpc) is 1.67. The maximum Gasteiger partial charge on any atom is 0.0438 e. The van der Waals surface area contributed by atoms with Crippen molar-refractivity contribution in [2.75, 3.05) is 11.5 Å². The molecule has 1 N–H and O–H groups in total. The summed E-state index contributed by atoms with van der Waals surface area (Å²) in [6.07, 6.45) is 0.857. The summed E-state index contributed by atoms with van der Waals surface area (Å²) in [7, 11) is -2.17. The van der Waals surface area contributed by atoms with Gasteiger partial charge in [-0.15, -0.1) is 0 Å². The predicted molar refractivity (Wildman–Crippen MR) is 36.6 cm³/mol. The minimum Gasteiger partial charge on any atom is -0.253 e. The molecule has 3 heteroatoms. The first-order chi connectivity index (χ1) is 3.62. The van der Waals surface area contributed by atoms with Crippen LogP contribution in [0.5, 0.6) is 0 Å². The van der Waals surface area contributed by atoms with Crippen molar-refractivity contribution >= 4 is 9.73 Å². The van der Waals surface area contributed by atoms with E-state index in [1.54, 1.807) is 6.92 Å². The van der Waals surface area contributed by atoms with Gasteiger partial charge in [0.05, 0.1) is 0 Å². The maximum atomic E-state index is 10.8. The van der Waals surface area contributed by atoms with Gasteiger partial charge in [0, 0.05) is 21.2 Å². The van der Waals surface area contributed by atoms with E-state index in [2.05, 4.69) is 0 Å². The number of rotatable bonds is 3. The number of hydrogen-bond donors (Lipinski definition) is 1. The third-order valence-electron chi connectivity index (χ3n) is 1.00. The fourth-order valence-corrected chi connectivity index (χ4v) is 1.42. The summed E-state index contributed by atoms with van der Waals surface area (Å²) < 4.78 is 17.9. The van der Waals surface area contributed by atoms with Crippen molar-refractivity contribution in [3.8, 4) is 0 Å². The van der Waals surface area contributed by atoms with Crippen LogP contribution < -0.4 is 0 Å². The zero-order valence-electron chi connectivity index (χ0n) is 5.44. The van der Waals surface area contributed by atoms with E-state index >= 15 is 0 Å². The van der Waals surface area contributed by atoms with E-state index in [1.165, 1.54) is 0 Å².